The van der Waals surface area contributed by atoms with Gasteiger partial charge >= 0.3 is 5.97 Å². The Morgan fingerprint density at radius 3 is 2.48 bits per heavy atom. The molecule has 2 heterocycles. The summed E-state index contributed by atoms with van der Waals surface area (Å²) in [6.07, 6.45) is 4.90. The number of carbonyl (C=O) groups is 2. The predicted octanol–water partition coefficient (Wildman–Crippen LogP) is 4.15. The molecule has 4 aromatic rings. The molecule has 31 heavy (non-hydrogen) atoms. The van der Waals surface area contributed by atoms with Crippen LogP contribution in [0, 0.1) is 12.7 Å². The molecule has 7 nitrogen and oxygen atoms in total. The number of para-hydroxylation sites is 1. The van der Waals surface area contributed by atoms with E-state index in [1.165, 1.54) is 24.1 Å². The Labute approximate surface area is 177 Å². The first kappa shape index (κ1) is 20.1. The number of hydrogen-bond donors (Lipinski definition) is 1. The Balaban J connectivity index is 1.73. The highest BCUT2D eigenvalue weighted by Gasteiger charge is 2.22. The van der Waals surface area contributed by atoms with Gasteiger partial charge in [0.2, 0.25) is 0 Å². The number of amides is 1. The Hall–Kier alpha value is -4.20. The number of aryl methyl sites for hydroxylation is 1. The number of rotatable bonds is 5. The standard InChI is InChI=1S/C23H19FN4O3/c1-15-13-16(23(30)31-2)9-10-19(15)26-21(29)17-14-25-28(20-8-4-3-7-18(20)24)22(17)27-11-5-6-12-27/h3-14H,1-2H3,(H,26,29). The zero-order valence-corrected chi connectivity index (χ0v) is 16.9. The first-order chi connectivity index (χ1) is 15.0. The van der Waals surface area contributed by atoms with Crippen LogP contribution in [0.1, 0.15) is 26.3 Å². The van der Waals surface area contributed by atoms with E-state index in [0.29, 0.717) is 22.6 Å². The average Bonchev–Trinajstić information content (AvgIpc) is 3.44. The van der Waals surface area contributed by atoms with Gasteiger partial charge in [0.05, 0.1) is 18.9 Å². The molecule has 2 aromatic heterocycles. The molecule has 0 atom stereocenters. The number of esters is 1. The Morgan fingerprint density at radius 1 is 1.06 bits per heavy atom. The molecule has 0 radical (unpaired) electrons. The molecule has 1 amide bonds. The first-order valence-corrected chi connectivity index (χ1v) is 9.46. The molecular formula is C23H19FN4O3. The van der Waals surface area contributed by atoms with Crippen LogP contribution >= 0.6 is 0 Å². The van der Waals surface area contributed by atoms with Crippen LogP contribution in [-0.4, -0.2) is 33.3 Å². The molecule has 0 spiro atoms. The van der Waals surface area contributed by atoms with Crippen LogP contribution in [0.3, 0.4) is 0 Å². The number of methoxy groups -OCH3 is 1. The van der Waals surface area contributed by atoms with Crippen molar-refractivity contribution in [2.45, 2.75) is 6.92 Å². The number of carbonyl (C=O) groups excluding carboxylic acids is 2. The highest BCUT2D eigenvalue weighted by atomic mass is 19.1. The summed E-state index contributed by atoms with van der Waals surface area (Å²) in [4.78, 5) is 24.8. The maximum absolute atomic E-state index is 14.4. The molecule has 0 fully saturated rings. The second kappa shape index (κ2) is 8.27. The second-order valence-corrected chi connectivity index (χ2v) is 6.81. The third-order valence-electron chi connectivity index (χ3n) is 4.81. The van der Waals surface area contributed by atoms with Gasteiger partial charge in [0.25, 0.3) is 5.91 Å². The third kappa shape index (κ3) is 3.83. The molecule has 0 aliphatic heterocycles. The zero-order chi connectivity index (χ0) is 22.0. The van der Waals surface area contributed by atoms with Crippen LogP contribution in [0.4, 0.5) is 10.1 Å². The molecule has 0 saturated heterocycles. The molecule has 8 heteroatoms. The van der Waals surface area contributed by atoms with Crippen molar-refractivity contribution in [3.05, 3.63) is 95.7 Å². The summed E-state index contributed by atoms with van der Waals surface area (Å²) in [6, 6.07) is 14.7. The average molecular weight is 418 g/mol. The lowest BCUT2D eigenvalue weighted by Gasteiger charge is -2.13. The number of aromatic nitrogens is 3. The topological polar surface area (TPSA) is 78.2 Å². The highest BCUT2D eigenvalue weighted by Crippen LogP contribution is 2.24. The van der Waals surface area contributed by atoms with Crippen molar-refractivity contribution in [1.29, 1.82) is 0 Å². The summed E-state index contributed by atoms with van der Waals surface area (Å²) in [6.45, 7) is 1.78. The zero-order valence-electron chi connectivity index (χ0n) is 16.9. The van der Waals surface area contributed by atoms with Gasteiger partial charge in [-0.1, -0.05) is 12.1 Å². The fourth-order valence-corrected chi connectivity index (χ4v) is 3.26. The van der Waals surface area contributed by atoms with Crippen molar-refractivity contribution in [2.75, 3.05) is 12.4 Å². The summed E-state index contributed by atoms with van der Waals surface area (Å²) >= 11 is 0. The number of benzene rings is 2. The largest absolute Gasteiger partial charge is 0.465 e. The molecule has 156 valence electrons. The van der Waals surface area contributed by atoms with Gasteiger partial charge in [-0.3, -0.25) is 4.79 Å². The van der Waals surface area contributed by atoms with Gasteiger partial charge in [-0.05, 0) is 55.0 Å². The lowest BCUT2D eigenvalue weighted by atomic mass is 10.1. The highest BCUT2D eigenvalue weighted by molar-refractivity contribution is 6.07. The lowest BCUT2D eigenvalue weighted by Crippen LogP contribution is -2.16. The summed E-state index contributed by atoms with van der Waals surface area (Å²) in [5, 5.41) is 7.11. The van der Waals surface area contributed by atoms with Gasteiger partial charge < -0.3 is 14.6 Å². The van der Waals surface area contributed by atoms with Crippen molar-refractivity contribution in [1.82, 2.24) is 14.3 Å². The normalized spacial score (nSPS) is 10.7. The van der Waals surface area contributed by atoms with Gasteiger partial charge in [-0.15, -0.1) is 0 Å². The summed E-state index contributed by atoms with van der Waals surface area (Å²) in [5.41, 5.74) is 2.10. The fourth-order valence-electron chi connectivity index (χ4n) is 3.26. The number of nitrogens with zero attached hydrogens (tertiary/aromatic N) is 3. The lowest BCUT2D eigenvalue weighted by molar-refractivity contribution is 0.0600. The molecule has 0 aliphatic rings. The minimum Gasteiger partial charge on any atom is -0.465 e. The van der Waals surface area contributed by atoms with Gasteiger partial charge in [0, 0.05) is 18.1 Å². The number of ether oxygens (including phenoxy) is 1. The number of nitrogens with one attached hydrogen (secondary N) is 1. The van der Waals surface area contributed by atoms with E-state index >= 15 is 0 Å². The van der Waals surface area contributed by atoms with Crippen molar-refractivity contribution < 1.29 is 18.7 Å². The minimum atomic E-state index is -0.458. The number of anilines is 1. The van der Waals surface area contributed by atoms with Crippen LogP contribution in [-0.2, 0) is 4.74 Å². The summed E-state index contributed by atoms with van der Waals surface area (Å²) < 4.78 is 22.2. The quantitative estimate of drug-likeness (QED) is 0.494. The first-order valence-electron chi connectivity index (χ1n) is 9.46. The van der Waals surface area contributed by atoms with Gasteiger partial charge in [0.1, 0.15) is 17.1 Å². The van der Waals surface area contributed by atoms with E-state index in [2.05, 4.69) is 10.4 Å². The van der Waals surface area contributed by atoms with E-state index in [0.717, 1.165) is 0 Å². The molecule has 0 unspecified atom stereocenters. The van der Waals surface area contributed by atoms with E-state index in [1.807, 2.05) is 0 Å². The van der Waals surface area contributed by atoms with Gasteiger partial charge in [-0.25, -0.2) is 13.9 Å². The van der Waals surface area contributed by atoms with Crippen LogP contribution in [0.25, 0.3) is 11.5 Å². The van der Waals surface area contributed by atoms with Gasteiger partial charge in [-0.2, -0.15) is 5.10 Å². The summed E-state index contributed by atoms with van der Waals surface area (Å²) in [7, 11) is 1.31. The van der Waals surface area contributed by atoms with E-state index in [-0.39, 0.29) is 11.3 Å². The molecule has 0 aliphatic carbocycles. The van der Waals surface area contributed by atoms with Gasteiger partial charge in [0.15, 0.2) is 5.82 Å². The molecular weight excluding hydrogens is 399 g/mol. The van der Waals surface area contributed by atoms with E-state index in [4.69, 9.17) is 4.74 Å². The van der Waals surface area contributed by atoms with Crippen molar-refractivity contribution in [2.24, 2.45) is 0 Å². The van der Waals surface area contributed by atoms with Crippen molar-refractivity contribution in [3.63, 3.8) is 0 Å². The van der Waals surface area contributed by atoms with Crippen LogP contribution < -0.4 is 5.32 Å². The van der Waals surface area contributed by atoms with E-state index in [9.17, 15) is 14.0 Å². The Kier molecular flexibility index (Phi) is 5.36. The third-order valence-corrected chi connectivity index (χ3v) is 4.81. The maximum atomic E-state index is 14.4. The van der Waals surface area contributed by atoms with Crippen LogP contribution in [0.2, 0.25) is 0 Å². The van der Waals surface area contributed by atoms with Crippen LogP contribution in [0.5, 0.6) is 0 Å². The SMILES string of the molecule is COC(=O)c1ccc(NC(=O)c2cnn(-c3ccccc3F)c2-n2cccc2)c(C)c1. The molecule has 1 N–H and O–H groups in total. The van der Waals surface area contributed by atoms with Crippen molar-refractivity contribution >= 4 is 17.6 Å². The minimum absolute atomic E-state index is 0.226. The monoisotopic (exact) mass is 418 g/mol. The Morgan fingerprint density at radius 2 is 1.81 bits per heavy atom. The van der Waals surface area contributed by atoms with Crippen molar-refractivity contribution in [3.8, 4) is 11.5 Å². The Bertz CT molecular complexity index is 1260. The van der Waals surface area contributed by atoms with E-state index in [1.54, 1.807) is 72.4 Å². The van der Waals surface area contributed by atoms with Crippen LogP contribution in [0.15, 0.2) is 73.2 Å². The molecule has 4 rings (SSSR count). The number of halogens is 1. The van der Waals surface area contributed by atoms with E-state index < -0.39 is 17.7 Å². The maximum Gasteiger partial charge on any atom is 0.337 e. The molecule has 2 aromatic carbocycles. The summed E-state index contributed by atoms with van der Waals surface area (Å²) in [5.74, 6) is -0.932. The fraction of sp³-hybridized carbons (Fsp3) is 0.0870. The number of hydrogen-bond acceptors (Lipinski definition) is 4. The molecule has 0 bridgehead atoms. The predicted molar refractivity (Wildman–Crippen MR) is 113 cm³/mol. The smallest absolute Gasteiger partial charge is 0.337 e. The second-order valence-electron chi connectivity index (χ2n) is 6.81. The molecule has 0 saturated carbocycles.